The summed E-state index contributed by atoms with van der Waals surface area (Å²) in [5.74, 6) is -0.00394. The van der Waals surface area contributed by atoms with E-state index in [0.717, 1.165) is 31.9 Å². The van der Waals surface area contributed by atoms with Crippen LogP contribution in [0.15, 0.2) is 24.4 Å². The minimum absolute atomic E-state index is 0.0204. The number of hydrogen-bond donors (Lipinski definition) is 3. The summed E-state index contributed by atoms with van der Waals surface area (Å²) in [6.45, 7) is 0. The molecule has 2 fully saturated rings. The van der Waals surface area contributed by atoms with E-state index in [4.69, 9.17) is 9.57 Å². The van der Waals surface area contributed by atoms with Crippen molar-refractivity contribution in [2.75, 3.05) is 17.7 Å². The van der Waals surface area contributed by atoms with Crippen molar-refractivity contribution >= 4 is 23.7 Å². The van der Waals surface area contributed by atoms with Crippen molar-refractivity contribution < 1.29 is 27.5 Å². The van der Waals surface area contributed by atoms with Crippen LogP contribution in [0.4, 0.5) is 30.6 Å². The van der Waals surface area contributed by atoms with Crippen LogP contribution in [0.2, 0.25) is 0 Å². The van der Waals surface area contributed by atoms with Gasteiger partial charge < -0.3 is 15.4 Å². The van der Waals surface area contributed by atoms with Crippen LogP contribution in [0.3, 0.4) is 0 Å². The van der Waals surface area contributed by atoms with E-state index in [1.165, 1.54) is 13.2 Å². The predicted molar refractivity (Wildman–Crippen MR) is 111 cm³/mol. The van der Waals surface area contributed by atoms with Gasteiger partial charge in [-0.15, -0.1) is 0 Å². The highest BCUT2D eigenvalue weighted by Crippen LogP contribution is 2.36. The minimum atomic E-state index is -4.61. The Hall–Kier alpha value is -2.92. The lowest BCUT2D eigenvalue weighted by Crippen LogP contribution is -2.36. The average molecular weight is 451 g/mol. The molecule has 32 heavy (non-hydrogen) atoms. The van der Waals surface area contributed by atoms with Gasteiger partial charge in [0.15, 0.2) is 6.29 Å². The third-order valence-electron chi connectivity index (χ3n) is 5.45. The van der Waals surface area contributed by atoms with E-state index < -0.39 is 11.7 Å². The van der Waals surface area contributed by atoms with Crippen molar-refractivity contribution in [3.63, 3.8) is 0 Å². The maximum absolute atomic E-state index is 13.6. The fourth-order valence-corrected chi connectivity index (χ4v) is 3.57. The number of aldehydes is 1. The van der Waals surface area contributed by atoms with Crippen LogP contribution in [0.5, 0.6) is 5.75 Å². The number of rotatable bonds is 9. The third kappa shape index (κ3) is 5.28. The van der Waals surface area contributed by atoms with E-state index in [2.05, 4.69) is 26.1 Å². The molecule has 11 heteroatoms. The van der Waals surface area contributed by atoms with Crippen molar-refractivity contribution in [2.45, 2.75) is 56.5 Å². The van der Waals surface area contributed by atoms with E-state index in [-0.39, 0.29) is 23.9 Å². The SMILES string of the molecule is COc1cc(Nc2ncc(C(F)(F)F)c(NC3CCCC3ONC3CC3)n2)ccc1C=O. The monoisotopic (exact) mass is 451 g/mol. The molecule has 2 atom stereocenters. The first kappa shape index (κ1) is 22.3. The largest absolute Gasteiger partial charge is 0.496 e. The summed E-state index contributed by atoms with van der Waals surface area (Å²) in [6, 6.07) is 4.69. The van der Waals surface area contributed by atoms with E-state index in [0.29, 0.717) is 35.7 Å². The second-order valence-electron chi connectivity index (χ2n) is 7.88. The molecule has 2 aliphatic carbocycles. The first-order valence-corrected chi connectivity index (χ1v) is 10.4. The number of methoxy groups -OCH3 is 1. The fourth-order valence-electron chi connectivity index (χ4n) is 3.57. The normalized spacial score (nSPS) is 20.8. The number of benzene rings is 1. The van der Waals surface area contributed by atoms with Gasteiger partial charge >= 0.3 is 6.18 Å². The second-order valence-corrected chi connectivity index (χ2v) is 7.88. The van der Waals surface area contributed by atoms with E-state index >= 15 is 0 Å². The molecule has 0 radical (unpaired) electrons. The highest BCUT2D eigenvalue weighted by atomic mass is 19.4. The highest BCUT2D eigenvalue weighted by Gasteiger charge is 2.38. The first-order valence-electron chi connectivity index (χ1n) is 10.4. The molecule has 172 valence electrons. The molecule has 0 saturated heterocycles. The Morgan fingerprint density at radius 3 is 2.69 bits per heavy atom. The molecular formula is C21H24F3N5O3. The molecule has 1 aromatic heterocycles. The Morgan fingerprint density at radius 2 is 2.00 bits per heavy atom. The number of hydrogen-bond acceptors (Lipinski definition) is 8. The van der Waals surface area contributed by atoms with E-state index in [1.807, 2.05) is 0 Å². The number of halogens is 3. The molecular weight excluding hydrogens is 427 g/mol. The van der Waals surface area contributed by atoms with Crippen LogP contribution in [-0.2, 0) is 11.0 Å². The molecule has 0 aliphatic heterocycles. The average Bonchev–Trinajstić information content (AvgIpc) is 3.50. The number of carbonyl (C=O) groups excluding carboxylic acids is 1. The lowest BCUT2D eigenvalue weighted by atomic mass is 10.2. The zero-order valence-corrected chi connectivity index (χ0v) is 17.4. The molecule has 0 spiro atoms. The molecule has 8 nitrogen and oxygen atoms in total. The Labute approximate surface area is 182 Å². The molecule has 2 aliphatic rings. The molecule has 1 heterocycles. The second kappa shape index (κ2) is 9.29. The Balaban J connectivity index is 1.55. The van der Waals surface area contributed by atoms with Crippen molar-refractivity contribution in [1.29, 1.82) is 0 Å². The topological polar surface area (TPSA) is 97.4 Å². The molecule has 4 rings (SSSR count). The smallest absolute Gasteiger partial charge is 0.421 e. The zero-order valence-electron chi connectivity index (χ0n) is 17.4. The molecule has 0 amide bonds. The number of hydroxylamine groups is 1. The number of ether oxygens (including phenoxy) is 1. The first-order chi connectivity index (χ1) is 15.4. The van der Waals surface area contributed by atoms with Crippen molar-refractivity contribution in [1.82, 2.24) is 15.4 Å². The Kier molecular flexibility index (Phi) is 6.47. The van der Waals surface area contributed by atoms with Crippen LogP contribution < -0.4 is 20.9 Å². The molecule has 3 N–H and O–H groups in total. The van der Waals surface area contributed by atoms with Gasteiger partial charge in [-0.1, -0.05) is 0 Å². The zero-order chi connectivity index (χ0) is 22.7. The van der Waals surface area contributed by atoms with Crippen molar-refractivity contribution in [2.24, 2.45) is 0 Å². The Morgan fingerprint density at radius 1 is 1.19 bits per heavy atom. The van der Waals surface area contributed by atoms with Gasteiger partial charge in [0.2, 0.25) is 5.95 Å². The van der Waals surface area contributed by atoms with Gasteiger partial charge in [0.25, 0.3) is 0 Å². The van der Waals surface area contributed by atoms with Gasteiger partial charge in [-0.25, -0.2) is 4.98 Å². The van der Waals surface area contributed by atoms with Gasteiger partial charge in [0.05, 0.1) is 24.8 Å². The lowest BCUT2D eigenvalue weighted by molar-refractivity contribution is -0.137. The van der Waals surface area contributed by atoms with Gasteiger partial charge in [0, 0.05) is 24.0 Å². The molecule has 2 saturated carbocycles. The van der Waals surface area contributed by atoms with E-state index in [9.17, 15) is 18.0 Å². The lowest BCUT2D eigenvalue weighted by Gasteiger charge is -2.23. The van der Waals surface area contributed by atoms with Crippen LogP contribution >= 0.6 is 0 Å². The van der Waals surface area contributed by atoms with Crippen LogP contribution in [0, 0.1) is 0 Å². The van der Waals surface area contributed by atoms with Gasteiger partial charge in [-0.2, -0.15) is 23.6 Å². The molecule has 2 unspecified atom stereocenters. The number of anilines is 3. The maximum Gasteiger partial charge on any atom is 0.421 e. The number of aromatic nitrogens is 2. The summed E-state index contributed by atoms with van der Waals surface area (Å²) in [6.07, 6.45) is 0.892. The fraction of sp³-hybridized carbons (Fsp3) is 0.476. The molecule has 0 bridgehead atoms. The van der Waals surface area contributed by atoms with Gasteiger partial charge in [-0.05, 0) is 44.2 Å². The maximum atomic E-state index is 13.6. The van der Waals surface area contributed by atoms with Crippen molar-refractivity contribution in [3.8, 4) is 5.75 Å². The van der Waals surface area contributed by atoms with Crippen LogP contribution in [0.1, 0.15) is 48.0 Å². The Bertz CT molecular complexity index is 968. The number of nitrogens with zero attached hydrogens (tertiary/aromatic N) is 2. The highest BCUT2D eigenvalue weighted by molar-refractivity contribution is 5.81. The molecule has 2 aromatic rings. The predicted octanol–water partition coefficient (Wildman–Crippen LogP) is 4.08. The number of alkyl halides is 3. The standard InChI is InChI=1S/C21H24F3N5O3/c1-31-18-9-14(6-5-12(18)11-30)26-20-25-10-15(21(22,23)24)19(28-20)27-16-3-2-4-17(16)32-29-13-7-8-13/h5-6,9-11,13,16-17,29H,2-4,7-8H2,1H3,(H2,25,26,27,28). The third-order valence-corrected chi connectivity index (χ3v) is 5.45. The number of carbonyl (C=O) groups is 1. The summed E-state index contributed by atoms with van der Waals surface area (Å²) in [5, 5.41) is 5.79. The summed E-state index contributed by atoms with van der Waals surface area (Å²) < 4.78 is 45.9. The van der Waals surface area contributed by atoms with Gasteiger partial charge in [0.1, 0.15) is 17.1 Å². The quantitative estimate of drug-likeness (QED) is 0.388. The van der Waals surface area contributed by atoms with E-state index in [1.54, 1.807) is 12.1 Å². The van der Waals surface area contributed by atoms with Gasteiger partial charge in [-0.3, -0.25) is 9.63 Å². The molecule has 1 aromatic carbocycles. The minimum Gasteiger partial charge on any atom is -0.496 e. The summed E-state index contributed by atoms with van der Waals surface area (Å²) in [4.78, 5) is 24.7. The summed E-state index contributed by atoms with van der Waals surface area (Å²) in [5.41, 5.74) is 2.85. The van der Waals surface area contributed by atoms with Crippen LogP contribution in [-0.4, -0.2) is 41.6 Å². The summed E-state index contributed by atoms with van der Waals surface area (Å²) >= 11 is 0. The van der Waals surface area contributed by atoms with Crippen LogP contribution in [0.25, 0.3) is 0 Å². The van der Waals surface area contributed by atoms with Crippen molar-refractivity contribution in [3.05, 3.63) is 35.5 Å². The number of nitrogens with one attached hydrogen (secondary N) is 3. The summed E-state index contributed by atoms with van der Waals surface area (Å²) in [7, 11) is 1.42.